The number of halogens is 1. The van der Waals surface area contributed by atoms with Gasteiger partial charge in [0.05, 0.1) is 16.6 Å². The number of sulfonamides is 1. The minimum absolute atomic E-state index is 0.0938. The van der Waals surface area contributed by atoms with E-state index in [9.17, 15) is 13.2 Å². The first-order valence-corrected chi connectivity index (χ1v) is 11.4. The molecule has 0 bridgehead atoms. The van der Waals surface area contributed by atoms with Gasteiger partial charge in [0.15, 0.2) is 0 Å². The number of aryl methyl sites for hydroxylation is 1. The zero-order chi connectivity index (χ0) is 21.7. The molecule has 0 saturated heterocycles. The van der Waals surface area contributed by atoms with Crippen molar-refractivity contribution in [1.82, 2.24) is 5.32 Å². The maximum atomic E-state index is 12.8. The van der Waals surface area contributed by atoms with E-state index < -0.39 is 10.0 Å². The van der Waals surface area contributed by atoms with Crippen LogP contribution in [0.25, 0.3) is 0 Å². The Bertz CT molecular complexity index is 1130. The molecule has 0 aliphatic carbocycles. The van der Waals surface area contributed by atoms with Gasteiger partial charge in [0.25, 0.3) is 15.9 Å². The topological polar surface area (TPSA) is 75.3 Å². The van der Waals surface area contributed by atoms with Gasteiger partial charge in [0.2, 0.25) is 0 Å². The largest absolute Gasteiger partial charge is 0.345 e. The van der Waals surface area contributed by atoms with Crippen molar-refractivity contribution < 1.29 is 13.2 Å². The quantitative estimate of drug-likeness (QED) is 0.519. The highest BCUT2D eigenvalue weighted by molar-refractivity contribution is 7.92. The van der Waals surface area contributed by atoms with Crippen molar-refractivity contribution >= 4 is 33.2 Å². The Labute approximate surface area is 182 Å². The number of amides is 1. The highest BCUT2D eigenvalue weighted by Gasteiger charge is 2.18. The molecule has 1 atom stereocenters. The summed E-state index contributed by atoms with van der Waals surface area (Å²) in [6, 6.07) is 20.4. The number of hydrogen-bond donors (Lipinski definition) is 2. The number of benzene rings is 3. The summed E-state index contributed by atoms with van der Waals surface area (Å²) < 4.78 is 28.0. The summed E-state index contributed by atoms with van der Waals surface area (Å²) in [5.74, 6) is -0.266. The van der Waals surface area contributed by atoms with E-state index in [4.69, 9.17) is 11.6 Å². The number of carbonyl (C=O) groups excluding carboxylic acids is 1. The van der Waals surface area contributed by atoms with Crippen LogP contribution in [0.4, 0.5) is 5.69 Å². The van der Waals surface area contributed by atoms with Crippen molar-refractivity contribution in [2.75, 3.05) is 4.72 Å². The second kappa shape index (κ2) is 9.32. The van der Waals surface area contributed by atoms with E-state index in [1.807, 2.05) is 37.3 Å². The SMILES string of the molecule is CCC(NC(=O)c1ccc(C)c(NS(=O)(=O)c2ccc(Cl)cc2)c1)c1ccccc1. The van der Waals surface area contributed by atoms with Crippen molar-refractivity contribution in [3.8, 4) is 0 Å². The molecule has 5 nitrogen and oxygen atoms in total. The van der Waals surface area contributed by atoms with E-state index in [1.54, 1.807) is 25.1 Å². The maximum Gasteiger partial charge on any atom is 0.261 e. The number of anilines is 1. The average molecular weight is 443 g/mol. The van der Waals surface area contributed by atoms with Crippen molar-refractivity contribution in [3.05, 3.63) is 94.5 Å². The lowest BCUT2D eigenvalue weighted by molar-refractivity contribution is 0.0935. The number of nitrogens with one attached hydrogen (secondary N) is 2. The minimum Gasteiger partial charge on any atom is -0.345 e. The summed E-state index contributed by atoms with van der Waals surface area (Å²) in [6.45, 7) is 3.78. The second-order valence-corrected chi connectivity index (χ2v) is 9.05. The lowest BCUT2D eigenvalue weighted by Gasteiger charge is -2.18. The Morgan fingerprint density at radius 3 is 2.30 bits per heavy atom. The standard InChI is InChI=1S/C23H23ClN2O3S/c1-3-21(17-7-5-4-6-8-17)25-23(27)18-10-9-16(2)22(15-18)26-30(28,29)20-13-11-19(24)12-14-20/h4-15,21,26H,3H2,1-2H3,(H,25,27). The summed E-state index contributed by atoms with van der Waals surface area (Å²) in [5.41, 5.74) is 2.46. The van der Waals surface area contributed by atoms with Crippen LogP contribution in [0.5, 0.6) is 0 Å². The summed E-state index contributed by atoms with van der Waals surface area (Å²) in [5, 5.41) is 3.47. The van der Waals surface area contributed by atoms with Crippen molar-refractivity contribution in [2.45, 2.75) is 31.2 Å². The van der Waals surface area contributed by atoms with Crippen LogP contribution in [0.2, 0.25) is 5.02 Å². The van der Waals surface area contributed by atoms with Crippen LogP contribution < -0.4 is 10.0 Å². The first kappa shape index (κ1) is 21.9. The summed E-state index contributed by atoms with van der Waals surface area (Å²) in [4.78, 5) is 12.9. The molecular formula is C23H23ClN2O3S. The lowest BCUT2D eigenvalue weighted by atomic mass is 10.0. The molecule has 30 heavy (non-hydrogen) atoms. The third-order valence-electron chi connectivity index (χ3n) is 4.78. The van der Waals surface area contributed by atoms with Gasteiger partial charge in [-0.15, -0.1) is 0 Å². The average Bonchev–Trinajstić information content (AvgIpc) is 2.74. The molecule has 3 aromatic carbocycles. The third-order valence-corrected chi connectivity index (χ3v) is 6.42. The Morgan fingerprint density at radius 2 is 1.67 bits per heavy atom. The number of rotatable bonds is 7. The molecule has 0 saturated carbocycles. The highest BCUT2D eigenvalue weighted by atomic mass is 35.5. The van der Waals surface area contributed by atoms with E-state index in [0.717, 1.165) is 12.0 Å². The van der Waals surface area contributed by atoms with Crippen LogP contribution in [0.3, 0.4) is 0 Å². The zero-order valence-electron chi connectivity index (χ0n) is 16.7. The molecule has 1 unspecified atom stereocenters. The molecule has 0 heterocycles. The van der Waals surface area contributed by atoms with E-state index in [-0.39, 0.29) is 16.8 Å². The van der Waals surface area contributed by atoms with E-state index >= 15 is 0 Å². The van der Waals surface area contributed by atoms with Crippen LogP contribution in [0, 0.1) is 6.92 Å². The predicted molar refractivity (Wildman–Crippen MR) is 120 cm³/mol. The Balaban J connectivity index is 1.82. The van der Waals surface area contributed by atoms with Gasteiger partial charge in [-0.1, -0.05) is 54.9 Å². The highest BCUT2D eigenvalue weighted by Crippen LogP contribution is 2.23. The maximum absolute atomic E-state index is 12.8. The van der Waals surface area contributed by atoms with Crippen molar-refractivity contribution in [3.63, 3.8) is 0 Å². The molecule has 3 rings (SSSR count). The van der Waals surface area contributed by atoms with E-state index in [1.165, 1.54) is 24.3 Å². The molecule has 0 radical (unpaired) electrons. The fraction of sp³-hybridized carbons (Fsp3) is 0.174. The molecule has 0 fully saturated rings. The van der Waals surface area contributed by atoms with Gasteiger partial charge in [-0.2, -0.15) is 0 Å². The van der Waals surface area contributed by atoms with Gasteiger partial charge in [0.1, 0.15) is 0 Å². The second-order valence-electron chi connectivity index (χ2n) is 6.93. The summed E-state index contributed by atoms with van der Waals surface area (Å²) in [6.07, 6.45) is 0.734. The molecule has 0 aliphatic heterocycles. The van der Waals surface area contributed by atoms with Crippen LogP contribution >= 0.6 is 11.6 Å². The van der Waals surface area contributed by atoms with Gasteiger partial charge in [-0.25, -0.2) is 8.42 Å². The molecule has 0 spiro atoms. The predicted octanol–water partition coefficient (Wildman–Crippen LogP) is 5.33. The molecule has 0 aromatic heterocycles. The Hall–Kier alpha value is -2.83. The fourth-order valence-corrected chi connectivity index (χ4v) is 4.29. The number of hydrogen-bond acceptors (Lipinski definition) is 3. The Kier molecular flexibility index (Phi) is 6.80. The molecule has 3 aromatic rings. The zero-order valence-corrected chi connectivity index (χ0v) is 18.3. The fourth-order valence-electron chi connectivity index (χ4n) is 3.04. The van der Waals surface area contributed by atoms with Crippen molar-refractivity contribution in [2.24, 2.45) is 0 Å². The van der Waals surface area contributed by atoms with Crippen LogP contribution in [-0.2, 0) is 10.0 Å². The molecule has 156 valence electrons. The summed E-state index contributed by atoms with van der Waals surface area (Å²) in [7, 11) is -3.81. The smallest absolute Gasteiger partial charge is 0.261 e. The van der Waals surface area contributed by atoms with Gasteiger partial charge in [0, 0.05) is 10.6 Å². The van der Waals surface area contributed by atoms with E-state index in [2.05, 4.69) is 10.0 Å². The van der Waals surface area contributed by atoms with Crippen LogP contribution in [-0.4, -0.2) is 14.3 Å². The monoisotopic (exact) mass is 442 g/mol. The first-order chi connectivity index (χ1) is 14.3. The third kappa shape index (κ3) is 5.20. The van der Waals surface area contributed by atoms with Crippen molar-refractivity contribution in [1.29, 1.82) is 0 Å². The van der Waals surface area contributed by atoms with Crippen LogP contribution in [0.1, 0.15) is 40.9 Å². The minimum atomic E-state index is -3.81. The molecule has 7 heteroatoms. The Morgan fingerprint density at radius 1 is 1.00 bits per heavy atom. The van der Waals surface area contributed by atoms with Gasteiger partial charge < -0.3 is 5.32 Å². The van der Waals surface area contributed by atoms with Gasteiger partial charge >= 0.3 is 0 Å². The molecular weight excluding hydrogens is 420 g/mol. The number of carbonyl (C=O) groups is 1. The molecule has 2 N–H and O–H groups in total. The van der Waals surface area contributed by atoms with E-state index in [0.29, 0.717) is 21.8 Å². The van der Waals surface area contributed by atoms with Crippen LogP contribution in [0.15, 0.2) is 77.7 Å². The first-order valence-electron chi connectivity index (χ1n) is 9.55. The van der Waals surface area contributed by atoms with Gasteiger partial charge in [-0.3, -0.25) is 9.52 Å². The molecule has 0 aliphatic rings. The normalized spacial score (nSPS) is 12.2. The molecule has 1 amide bonds. The van der Waals surface area contributed by atoms with Gasteiger partial charge in [-0.05, 0) is 60.9 Å². The summed E-state index contributed by atoms with van der Waals surface area (Å²) >= 11 is 5.84. The lowest BCUT2D eigenvalue weighted by Crippen LogP contribution is -2.28.